The van der Waals surface area contributed by atoms with E-state index in [1.54, 1.807) is 9.25 Å². The molecule has 0 saturated carbocycles. The fourth-order valence-electron chi connectivity index (χ4n) is 4.10. The zero-order valence-corrected chi connectivity index (χ0v) is 18.1. The summed E-state index contributed by atoms with van der Waals surface area (Å²) in [5.41, 5.74) is 2.95. The van der Waals surface area contributed by atoms with E-state index in [0.29, 0.717) is 26.2 Å². The number of nitrogens with zero attached hydrogens (tertiary/aromatic N) is 4. The average molecular weight is 420 g/mol. The molecule has 2 heterocycles. The van der Waals surface area contributed by atoms with Gasteiger partial charge in [0.05, 0.1) is 6.54 Å². The highest BCUT2D eigenvalue weighted by Crippen LogP contribution is 2.26. The number of carbonyl (C=O) groups is 1. The van der Waals surface area contributed by atoms with Crippen LogP contribution in [0.3, 0.4) is 0 Å². The highest BCUT2D eigenvalue weighted by atomic mass is 16.2. The van der Waals surface area contributed by atoms with Crippen LogP contribution in [-0.4, -0.2) is 38.4 Å². The van der Waals surface area contributed by atoms with Gasteiger partial charge in [-0.1, -0.05) is 48.0 Å². The van der Waals surface area contributed by atoms with Crippen LogP contribution in [0.5, 0.6) is 0 Å². The number of benzene rings is 2. The third-order valence-electron chi connectivity index (χ3n) is 5.89. The maximum atomic E-state index is 12.9. The first-order valence-electron chi connectivity index (χ1n) is 10.9. The molecule has 7 nitrogen and oxygen atoms in total. The summed E-state index contributed by atoms with van der Waals surface area (Å²) in [4.78, 5) is 27.3. The molecule has 0 unspecified atom stereocenters. The Morgan fingerprint density at radius 1 is 1.06 bits per heavy atom. The lowest BCUT2D eigenvalue weighted by Gasteiger charge is -2.31. The Morgan fingerprint density at radius 3 is 2.39 bits per heavy atom. The summed E-state index contributed by atoms with van der Waals surface area (Å²) in [6, 6.07) is 17.6. The van der Waals surface area contributed by atoms with Crippen LogP contribution in [0.15, 0.2) is 59.4 Å². The van der Waals surface area contributed by atoms with Crippen molar-refractivity contribution >= 4 is 11.7 Å². The predicted molar refractivity (Wildman–Crippen MR) is 121 cm³/mol. The molecule has 2 amide bonds. The number of anilines is 1. The molecule has 162 valence electrons. The monoisotopic (exact) mass is 419 g/mol. The van der Waals surface area contributed by atoms with E-state index in [1.165, 1.54) is 0 Å². The molecule has 0 radical (unpaired) electrons. The minimum absolute atomic E-state index is 0.0686. The number of aryl methyl sites for hydroxylation is 1. The fraction of sp³-hybridized carbons (Fsp3) is 0.375. The number of rotatable bonds is 5. The van der Waals surface area contributed by atoms with Crippen LogP contribution >= 0.6 is 0 Å². The van der Waals surface area contributed by atoms with Crippen molar-refractivity contribution in [3.8, 4) is 0 Å². The van der Waals surface area contributed by atoms with Crippen LogP contribution in [0.1, 0.15) is 42.6 Å². The number of nitrogens with one attached hydrogen (secondary N) is 1. The second kappa shape index (κ2) is 9.20. The summed E-state index contributed by atoms with van der Waals surface area (Å²) in [5, 5.41) is 7.66. The Kier molecular flexibility index (Phi) is 6.21. The van der Waals surface area contributed by atoms with Crippen molar-refractivity contribution in [1.29, 1.82) is 0 Å². The standard InChI is InChI=1S/C24H29N5O2/c1-3-28-22(26-29(24(28)31)17-19-7-5-4-6-8-19)20-13-15-27(16-14-20)23(30)25-21-11-9-18(2)10-12-21/h4-12,20H,3,13-17H2,1-2H3,(H,25,30). The lowest BCUT2D eigenvalue weighted by molar-refractivity contribution is 0.192. The van der Waals surface area contributed by atoms with Crippen molar-refractivity contribution < 1.29 is 4.79 Å². The molecular weight excluding hydrogens is 390 g/mol. The van der Waals surface area contributed by atoms with Crippen LogP contribution in [0.25, 0.3) is 0 Å². The van der Waals surface area contributed by atoms with Crippen molar-refractivity contribution in [3.63, 3.8) is 0 Å². The Hall–Kier alpha value is -3.35. The molecule has 0 atom stereocenters. The quantitative estimate of drug-likeness (QED) is 0.683. The Bertz CT molecular complexity index is 1080. The number of hydrogen-bond donors (Lipinski definition) is 1. The third kappa shape index (κ3) is 4.71. The Balaban J connectivity index is 1.42. The largest absolute Gasteiger partial charge is 0.346 e. The van der Waals surface area contributed by atoms with Gasteiger partial charge in [-0.15, -0.1) is 0 Å². The molecule has 1 fully saturated rings. The van der Waals surface area contributed by atoms with Gasteiger partial charge in [-0.2, -0.15) is 5.10 Å². The van der Waals surface area contributed by atoms with Crippen molar-refractivity contribution in [2.45, 2.75) is 45.7 Å². The first-order valence-corrected chi connectivity index (χ1v) is 10.9. The number of likely N-dealkylation sites (tertiary alicyclic amines) is 1. The topological polar surface area (TPSA) is 72.2 Å². The van der Waals surface area contributed by atoms with E-state index in [1.807, 2.05) is 73.3 Å². The van der Waals surface area contributed by atoms with E-state index in [2.05, 4.69) is 5.32 Å². The summed E-state index contributed by atoms with van der Waals surface area (Å²) >= 11 is 0. The minimum atomic E-state index is -0.0789. The van der Waals surface area contributed by atoms with Crippen LogP contribution in [0, 0.1) is 6.92 Å². The SMILES string of the molecule is CCn1c(C2CCN(C(=O)Nc3ccc(C)cc3)CC2)nn(Cc2ccccc2)c1=O. The van der Waals surface area contributed by atoms with Crippen molar-refractivity contribution in [3.05, 3.63) is 82.0 Å². The van der Waals surface area contributed by atoms with E-state index < -0.39 is 0 Å². The molecule has 1 N–H and O–H groups in total. The fourth-order valence-corrected chi connectivity index (χ4v) is 4.10. The van der Waals surface area contributed by atoms with Gasteiger partial charge >= 0.3 is 11.7 Å². The van der Waals surface area contributed by atoms with E-state index >= 15 is 0 Å². The molecule has 2 aromatic carbocycles. The van der Waals surface area contributed by atoms with Gasteiger partial charge in [-0.05, 0) is 44.4 Å². The van der Waals surface area contributed by atoms with Crippen LogP contribution < -0.4 is 11.0 Å². The average Bonchev–Trinajstić information content (AvgIpc) is 3.11. The summed E-state index contributed by atoms with van der Waals surface area (Å²) in [7, 11) is 0. The van der Waals surface area contributed by atoms with Gasteiger partial charge in [0.2, 0.25) is 0 Å². The van der Waals surface area contributed by atoms with Gasteiger partial charge in [-0.25, -0.2) is 14.3 Å². The summed E-state index contributed by atoms with van der Waals surface area (Å²) in [6.45, 7) is 6.35. The van der Waals surface area contributed by atoms with E-state index in [4.69, 9.17) is 5.10 Å². The first-order chi connectivity index (χ1) is 15.0. The lowest BCUT2D eigenvalue weighted by atomic mass is 9.96. The molecule has 0 bridgehead atoms. The summed E-state index contributed by atoms with van der Waals surface area (Å²) in [6.07, 6.45) is 1.59. The minimum Gasteiger partial charge on any atom is -0.324 e. The molecule has 0 aliphatic carbocycles. The number of hydrogen-bond acceptors (Lipinski definition) is 3. The Morgan fingerprint density at radius 2 is 1.74 bits per heavy atom. The lowest BCUT2D eigenvalue weighted by Crippen LogP contribution is -2.41. The molecule has 0 spiro atoms. The molecule has 3 aromatic rings. The molecular formula is C24H29N5O2. The molecule has 1 aliphatic heterocycles. The second-order valence-corrected chi connectivity index (χ2v) is 8.09. The van der Waals surface area contributed by atoms with Gasteiger partial charge in [-0.3, -0.25) is 4.57 Å². The van der Waals surface area contributed by atoms with Gasteiger partial charge < -0.3 is 10.2 Å². The van der Waals surface area contributed by atoms with Crippen LogP contribution in [0.2, 0.25) is 0 Å². The maximum Gasteiger partial charge on any atom is 0.346 e. The van der Waals surface area contributed by atoms with Crippen molar-refractivity contribution in [2.75, 3.05) is 18.4 Å². The van der Waals surface area contributed by atoms with Crippen LogP contribution in [-0.2, 0) is 13.1 Å². The van der Waals surface area contributed by atoms with Gasteiger partial charge in [0, 0.05) is 31.2 Å². The smallest absolute Gasteiger partial charge is 0.324 e. The van der Waals surface area contributed by atoms with Gasteiger partial charge in [0.15, 0.2) is 0 Å². The van der Waals surface area contributed by atoms with Gasteiger partial charge in [0.1, 0.15) is 5.82 Å². The highest BCUT2D eigenvalue weighted by Gasteiger charge is 2.28. The third-order valence-corrected chi connectivity index (χ3v) is 5.89. The predicted octanol–water partition coefficient (Wildman–Crippen LogP) is 3.83. The van der Waals surface area contributed by atoms with Crippen molar-refractivity contribution in [2.24, 2.45) is 0 Å². The number of aromatic nitrogens is 3. The molecule has 1 saturated heterocycles. The summed E-state index contributed by atoms with van der Waals surface area (Å²) < 4.78 is 3.33. The number of carbonyl (C=O) groups excluding carboxylic acids is 1. The number of amides is 2. The second-order valence-electron chi connectivity index (χ2n) is 8.09. The van der Waals surface area contributed by atoms with E-state index in [0.717, 1.165) is 35.5 Å². The highest BCUT2D eigenvalue weighted by molar-refractivity contribution is 5.89. The van der Waals surface area contributed by atoms with E-state index in [9.17, 15) is 9.59 Å². The number of urea groups is 1. The zero-order valence-electron chi connectivity index (χ0n) is 18.1. The number of piperidine rings is 1. The molecule has 1 aliphatic rings. The first kappa shape index (κ1) is 20.9. The van der Waals surface area contributed by atoms with Crippen molar-refractivity contribution in [1.82, 2.24) is 19.2 Å². The van der Waals surface area contributed by atoms with Gasteiger partial charge in [0.25, 0.3) is 0 Å². The van der Waals surface area contributed by atoms with Crippen LogP contribution in [0.4, 0.5) is 10.5 Å². The van der Waals surface area contributed by atoms with E-state index in [-0.39, 0.29) is 17.6 Å². The summed E-state index contributed by atoms with van der Waals surface area (Å²) in [5.74, 6) is 1.01. The normalized spacial score (nSPS) is 14.6. The molecule has 7 heteroatoms. The Labute approximate surface area is 182 Å². The zero-order chi connectivity index (χ0) is 21.8. The molecule has 1 aromatic heterocycles. The maximum absolute atomic E-state index is 12.9. The molecule has 4 rings (SSSR count). The molecule has 31 heavy (non-hydrogen) atoms.